The van der Waals surface area contributed by atoms with Gasteiger partial charge in [0.15, 0.2) is 0 Å². The van der Waals surface area contributed by atoms with Crippen LogP contribution in [0.2, 0.25) is 0 Å². The Labute approximate surface area is 149 Å². The molecule has 0 atom stereocenters. The molecular weight excluding hydrogens is 345 g/mol. The Morgan fingerprint density at radius 3 is 2.56 bits per heavy atom. The summed E-state index contributed by atoms with van der Waals surface area (Å²) in [7, 11) is -1.35. The number of anilines is 1. The van der Waals surface area contributed by atoms with Gasteiger partial charge in [-0.05, 0) is 31.4 Å². The van der Waals surface area contributed by atoms with Crippen LogP contribution in [-0.2, 0) is 14.8 Å². The minimum absolute atomic E-state index is 0.0262. The number of carbonyl (C=O) groups excluding carboxylic acids is 1. The van der Waals surface area contributed by atoms with E-state index in [0.29, 0.717) is 51.1 Å². The molecule has 1 aromatic carbocycles. The third kappa shape index (κ3) is 5.67. The summed E-state index contributed by atoms with van der Waals surface area (Å²) in [6, 6.07) is 6.60. The van der Waals surface area contributed by atoms with E-state index in [-0.39, 0.29) is 17.6 Å². The summed E-state index contributed by atoms with van der Waals surface area (Å²) in [6.45, 7) is 1.94. The van der Waals surface area contributed by atoms with Crippen LogP contribution in [0.5, 0.6) is 0 Å². The number of hydrogen-bond acceptors (Lipinski definition) is 4. The zero-order chi connectivity index (χ0) is 18.4. The molecule has 6 nitrogen and oxygen atoms in total. The molecule has 0 radical (unpaired) electrons. The van der Waals surface area contributed by atoms with Gasteiger partial charge >= 0.3 is 0 Å². The van der Waals surface area contributed by atoms with Crippen molar-refractivity contribution < 1.29 is 17.6 Å². The summed E-state index contributed by atoms with van der Waals surface area (Å²) in [5.41, 5.74) is 0.543. The Morgan fingerprint density at radius 1 is 1.32 bits per heavy atom. The number of sulfonamides is 1. The lowest BCUT2D eigenvalue weighted by atomic mass is 9.97. The van der Waals surface area contributed by atoms with Gasteiger partial charge < -0.3 is 10.2 Å². The van der Waals surface area contributed by atoms with Crippen molar-refractivity contribution in [3.8, 4) is 0 Å². The highest BCUT2D eigenvalue weighted by atomic mass is 32.2. The lowest BCUT2D eigenvalue weighted by molar-refractivity contribution is -0.126. The minimum atomic E-state index is -3.17. The van der Waals surface area contributed by atoms with E-state index in [1.807, 2.05) is 11.9 Å². The lowest BCUT2D eigenvalue weighted by Crippen LogP contribution is -2.43. The average Bonchev–Trinajstić information content (AvgIpc) is 2.58. The van der Waals surface area contributed by atoms with Crippen molar-refractivity contribution in [2.24, 2.45) is 5.92 Å². The number of halogens is 1. The van der Waals surface area contributed by atoms with Crippen LogP contribution in [0.25, 0.3) is 0 Å². The first kappa shape index (κ1) is 19.7. The third-order valence-corrected chi connectivity index (χ3v) is 5.83. The molecule has 0 bridgehead atoms. The Kier molecular flexibility index (Phi) is 6.78. The van der Waals surface area contributed by atoms with E-state index in [1.165, 1.54) is 16.6 Å². The molecule has 1 heterocycles. The van der Waals surface area contributed by atoms with Gasteiger partial charge in [-0.1, -0.05) is 12.1 Å². The first-order chi connectivity index (χ1) is 11.8. The van der Waals surface area contributed by atoms with Crippen LogP contribution in [0.3, 0.4) is 0 Å². The van der Waals surface area contributed by atoms with E-state index in [2.05, 4.69) is 5.32 Å². The molecule has 8 heteroatoms. The molecule has 1 N–H and O–H groups in total. The van der Waals surface area contributed by atoms with Crippen molar-refractivity contribution in [2.45, 2.75) is 19.3 Å². The summed E-state index contributed by atoms with van der Waals surface area (Å²) in [5.74, 6) is -0.421. The zero-order valence-corrected chi connectivity index (χ0v) is 15.6. The van der Waals surface area contributed by atoms with E-state index in [0.717, 1.165) is 0 Å². The Balaban J connectivity index is 1.69. The van der Waals surface area contributed by atoms with Crippen LogP contribution >= 0.6 is 0 Å². The third-order valence-electron chi connectivity index (χ3n) is 4.53. The molecule has 1 aliphatic rings. The zero-order valence-electron chi connectivity index (χ0n) is 14.7. The number of piperidine rings is 1. The number of carbonyl (C=O) groups is 1. The summed E-state index contributed by atoms with van der Waals surface area (Å²) >= 11 is 0. The molecule has 1 fully saturated rings. The second-order valence-corrected chi connectivity index (χ2v) is 8.44. The number of rotatable bonds is 7. The van der Waals surface area contributed by atoms with Crippen LogP contribution in [0.4, 0.5) is 10.1 Å². The Bertz CT molecular complexity index is 688. The molecule has 1 amide bonds. The molecule has 0 aromatic heterocycles. The molecular formula is C17H26FN3O3S. The van der Waals surface area contributed by atoms with Gasteiger partial charge in [0.1, 0.15) is 5.82 Å². The van der Waals surface area contributed by atoms with Gasteiger partial charge in [0.05, 0.1) is 11.9 Å². The van der Waals surface area contributed by atoms with Gasteiger partial charge in [-0.15, -0.1) is 0 Å². The number of hydrogen-bond donors (Lipinski definition) is 1. The summed E-state index contributed by atoms with van der Waals surface area (Å²) in [6.07, 6.45) is 3.00. The van der Waals surface area contributed by atoms with Gasteiger partial charge in [0, 0.05) is 39.1 Å². The van der Waals surface area contributed by atoms with Gasteiger partial charge in [-0.25, -0.2) is 17.1 Å². The molecule has 0 aliphatic carbocycles. The van der Waals surface area contributed by atoms with Crippen molar-refractivity contribution in [3.05, 3.63) is 30.1 Å². The van der Waals surface area contributed by atoms with Crippen molar-refractivity contribution in [1.29, 1.82) is 0 Å². The average molecular weight is 371 g/mol. The van der Waals surface area contributed by atoms with Crippen molar-refractivity contribution in [3.63, 3.8) is 0 Å². The number of nitrogens with zero attached hydrogens (tertiary/aromatic N) is 2. The molecule has 25 heavy (non-hydrogen) atoms. The minimum Gasteiger partial charge on any atom is -0.372 e. The second kappa shape index (κ2) is 8.62. The standard InChI is InChI=1S/C17H26FN3O3S/c1-20(16-7-4-3-6-15(16)18)11-5-10-19-17(22)14-8-12-21(13-9-14)25(2,23)24/h3-4,6-7,14H,5,8-13H2,1-2H3,(H,19,22). The first-order valence-corrected chi connectivity index (χ1v) is 10.3. The predicted octanol–water partition coefficient (Wildman–Crippen LogP) is 1.44. The molecule has 1 saturated heterocycles. The monoisotopic (exact) mass is 371 g/mol. The largest absolute Gasteiger partial charge is 0.372 e. The number of para-hydroxylation sites is 1. The van der Waals surface area contributed by atoms with Gasteiger partial charge in [-0.3, -0.25) is 4.79 Å². The van der Waals surface area contributed by atoms with Crippen LogP contribution < -0.4 is 10.2 Å². The Hall–Kier alpha value is -1.67. The van der Waals surface area contributed by atoms with Crippen LogP contribution in [0, 0.1) is 11.7 Å². The smallest absolute Gasteiger partial charge is 0.223 e. The fraction of sp³-hybridized carbons (Fsp3) is 0.588. The molecule has 1 aliphatic heterocycles. The quantitative estimate of drug-likeness (QED) is 0.737. The van der Waals surface area contributed by atoms with E-state index >= 15 is 0 Å². The SMILES string of the molecule is CN(CCCNC(=O)C1CCN(S(C)(=O)=O)CC1)c1ccccc1F. The predicted molar refractivity (Wildman–Crippen MR) is 96.4 cm³/mol. The van der Waals surface area contributed by atoms with Crippen molar-refractivity contribution in [1.82, 2.24) is 9.62 Å². The maximum Gasteiger partial charge on any atom is 0.223 e. The van der Waals surface area contributed by atoms with Crippen molar-refractivity contribution in [2.75, 3.05) is 44.4 Å². The van der Waals surface area contributed by atoms with Crippen molar-refractivity contribution >= 4 is 21.6 Å². The fourth-order valence-electron chi connectivity index (χ4n) is 3.00. The normalized spacial score (nSPS) is 16.6. The molecule has 140 valence electrons. The highest BCUT2D eigenvalue weighted by Gasteiger charge is 2.28. The van der Waals surface area contributed by atoms with Crippen LogP contribution in [-0.4, -0.2) is 58.1 Å². The van der Waals surface area contributed by atoms with E-state index in [1.54, 1.807) is 18.2 Å². The topological polar surface area (TPSA) is 69.7 Å². The first-order valence-electron chi connectivity index (χ1n) is 8.47. The molecule has 1 aromatic rings. The highest BCUT2D eigenvalue weighted by Crippen LogP contribution is 2.19. The Morgan fingerprint density at radius 2 is 1.96 bits per heavy atom. The molecule has 0 spiro atoms. The van der Waals surface area contributed by atoms with Crippen LogP contribution in [0.1, 0.15) is 19.3 Å². The number of benzene rings is 1. The van der Waals surface area contributed by atoms with E-state index in [4.69, 9.17) is 0 Å². The summed E-state index contributed by atoms with van der Waals surface area (Å²) < 4.78 is 38.0. The van der Waals surface area contributed by atoms with E-state index in [9.17, 15) is 17.6 Å². The maximum absolute atomic E-state index is 13.7. The molecule has 0 unspecified atom stereocenters. The molecule has 0 saturated carbocycles. The van der Waals surface area contributed by atoms with Gasteiger partial charge in [0.2, 0.25) is 15.9 Å². The molecule has 2 rings (SSSR count). The van der Waals surface area contributed by atoms with Gasteiger partial charge in [-0.2, -0.15) is 0 Å². The summed E-state index contributed by atoms with van der Waals surface area (Å²) in [4.78, 5) is 14.0. The summed E-state index contributed by atoms with van der Waals surface area (Å²) in [5, 5.41) is 2.90. The maximum atomic E-state index is 13.7. The second-order valence-electron chi connectivity index (χ2n) is 6.45. The highest BCUT2D eigenvalue weighted by molar-refractivity contribution is 7.88. The number of amides is 1. The fourth-order valence-corrected chi connectivity index (χ4v) is 3.88. The number of nitrogens with one attached hydrogen (secondary N) is 1. The lowest BCUT2D eigenvalue weighted by Gasteiger charge is -2.29. The van der Waals surface area contributed by atoms with Crippen LogP contribution in [0.15, 0.2) is 24.3 Å². The van der Waals surface area contributed by atoms with Gasteiger partial charge in [0.25, 0.3) is 0 Å². The van der Waals surface area contributed by atoms with E-state index < -0.39 is 10.0 Å².